The third-order valence-electron chi connectivity index (χ3n) is 3.13. The first-order chi connectivity index (χ1) is 7.20. The van der Waals surface area contributed by atoms with Crippen LogP contribution in [0.1, 0.15) is 38.3 Å². The molecule has 0 aliphatic carbocycles. The van der Waals surface area contributed by atoms with Crippen LogP contribution in [0.25, 0.3) is 0 Å². The van der Waals surface area contributed by atoms with Crippen LogP contribution in [0.3, 0.4) is 0 Å². The molecule has 0 aromatic carbocycles. The molecular weight excluding hydrogens is 186 g/mol. The molecule has 2 atom stereocenters. The van der Waals surface area contributed by atoms with E-state index in [1.54, 1.807) is 0 Å². The Morgan fingerprint density at radius 1 is 1.60 bits per heavy atom. The number of nitrogens with two attached hydrogens (primary N) is 1. The summed E-state index contributed by atoms with van der Waals surface area (Å²) in [5.41, 5.74) is 7.12. The second-order valence-electron chi connectivity index (χ2n) is 4.39. The largest absolute Gasteiger partial charge is 0.354 e. The van der Waals surface area contributed by atoms with Gasteiger partial charge in [0.25, 0.3) is 0 Å². The summed E-state index contributed by atoms with van der Waals surface area (Å²) in [6.45, 7) is 5.38. The average Bonchev–Trinajstić information content (AvgIpc) is 2.64. The second-order valence-corrected chi connectivity index (χ2v) is 4.39. The van der Waals surface area contributed by atoms with Crippen molar-refractivity contribution in [2.24, 2.45) is 5.73 Å². The van der Waals surface area contributed by atoms with Crippen LogP contribution in [0.5, 0.6) is 0 Å². The second kappa shape index (κ2) is 4.19. The van der Waals surface area contributed by atoms with E-state index in [1.807, 2.05) is 19.2 Å². The molecule has 1 aliphatic rings. The van der Waals surface area contributed by atoms with E-state index in [9.17, 15) is 0 Å². The van der Waals surface area contributed by atoms with Crippen molar-refractivity contribution in [2.45, 2.75) is 38.8 Å². The lowest BCUT2D eigenvalue weighted by Crippen LogP contribution is -2.29. The molecule has 0 radical (unpaired) electrons. The minimum atomic E-state index is 0.0569. The first-order valence-corrected chi connectivity index (χ1v) is 5.67. The van der Waals surface area contributed by atoms with Gasteiger partial charge in [0.15, 0.2) is 0 Å². The number of nitrogens with zero attached hydrogens (tertiary/aromatic N) is 2. The summed E-state index contributed by atoms with van der Waals surface area (Å²) in [7, 11) is 0. The topological polar surface area (TPSA) is 42.2 Å². The highest BCUT2D eigenvalue weighted by Gasteiger charge is 2.24. The summed E-state index contributed by atoms with van der Waals surface area (Å²) in [4.78, 5) is 6.85. The van der Waals surface area contributed by atoms with Gasteiger partial charge in [0.05, 0.1) is 0 Å². The zero-order valence-electron chi connectivity index (χ0n) is 9.48. The minimum Gasteiger partial charge on any atom is -0.354 e. The molecule has 1 aliphatic heterocycles. The maximum Gasteiger partial charge on any atom is 0.133 e. The summed E-state index contributed by atoms with van der Waals surface area (Å²) < 4.78 is 0. The highest BCUT2D eigenvalue weighted by Crippen LogP contribution is 2.28. The molecule has 1 fully saturated rings. The Bertz CT molecular complexity index is 335. The molecule has 2 N–H and O–H groups in total. The summed E-state index contributed by atoms with van der Waals surface area (Å²) in [6, 6.07) is 4.69. The first kappa shape index (κ1) is 10.4. The van der Waals surface area contributed by atoms with Crippen molar-refractivity contribution < 1.29 is 0 Å². The Kier molecular flexibility index (Phi) is 2.91. The van der Waals surface area contributed by atoms with Gasteiger partial charge >= 0.3 is 0 Å². The molecule has 3 nitrogen and oxygen atoms in total. The van der Waals surface area contributed by atoms with Gasteiger partial charge in [-0.15, -0.1) is 0 Å². The zero-order chi connectivity index (χ0) is 10.8. The number of pyridine rings is 1. The van der Waals surface area contributed by atoms with Gasteiger partial charge in [0.2, 0.25) is 0 Å². The molecule has 0 bridgehead atoms. The summed E-state index contributed by atoms with van der Waals surface area (Å²) in [5, 5.41) is 0. The Balaban J connectivity index is 2.34. The van der Waals surface area contributed by atoms with Crippen LogP contribution in [-0.4, -0.2) is 17.6 Å². The Morgan fingerprint density at radius 3 is 3.00 bits per heavy atom. The van der Waals surface area contributed by atoms with E-state index in [0.29, 0.717) is 6.04 Å². The van der Waals surface area contributed by atoms with Crippen molar-refractivity contribution in [3.05, 3.63) is 23.9 Å². The van der Waals surface area contributed by atoms with E-state index >= 15 is 0 Å². The fourth-order valence-corrected chi connectivity index (χ4v) is 2.25. The Morgan fingerprint density at radius 2 is 2.40 bits per heavy atom. The molecule has 82 valence electrons. The molecule has 2 heterocycles. The SMILES string of the molecule is CC1CCCN1c1ncccc1[C@H](C)N. The van der Waals surface area contributed by atoms with Crippen LogP contribution in [0.15, 0.2) is 18.3 Å². The fraction of sp³-hybridized carbons (Fsp3) is 0.583. The molecule has 0 amide bonds. The van der Waals surface area contributed by atoms with Crippen LogP contribution in [0, 0.1) is 0 Å². The van der Waals surface area contributed by atoms with Gasteiger partial charge in [0, 0.05) is 30.4 Å². The third-order valence-corrected chi connectivity index (χ3v) is 3.13. The molecule has 15 heavy (non-hydrogen) atoms. The number of anilines is 1. The van der Waals surface area contributed by atoms with Crippen LogP contribution >= 0.6 is 0 Å². The van der Waals surface area contributed by atoms with E-state index < -0.39 is 0 Å². The predicted molar refractivity (Wildman–Crippen MR) is 62.9 cm³/mol. The third kappa shape index (κ3) is 1.97. The molecular formula is C12H19N3. The van der Waals surface area contributed by atoms with Gasteiger partial charge in [-0.3, -0.25) is 0 Å². The average molecular weight is 205 g/mol. The van der Waals surface area contributed by atoms with Gasteiger partial charge in [0.1, 0.15) is 5.82 Å². The first-order valence-electron chi connectivity index (χ1n) is 5.67. The molecule has 2 rings (SSSR count). The van der Waals surface area contributed by atoms with Crippen molar-refractivity contribution in [1.29, 1.82) is 0 Å². The van der Waals surface area contributed by atoms with Crippen molar-refractivity contribution in [3.63, 3.8) is 0 Å². The predicted octanol–water partition coefficient (Wildman–Crippen LogP) is 2.09. The summed E-state index contributed by atoms with van der Waals surface area (Å²) in [6.07, 6.45) is 4.37. The van der Waals surface area contributed by atoms with Crippen molar-refractivity contribution in [1.82, 2.24) is 4.98 Å². The maximum atomic E-state index is 5.96. The minimum absolute atomic E-state index is 0.0569. The molecule has 3 heteroatoms. The van der Waals surface area contributed by atoms with E-state index in [-0.39, 0.29) is 6.04 Å². The summed E-state index contributed by atoms with van der Waals surface area (Å²) >= 11 is 0. The zero-order valence-corrected chi connectivity index (χ0v) is 9.48. The van der Waals surface area contributed by atoms with Gasteiger partial charge in [-0.25, -0.2) is 4.98 Å². The van der Waals surface area contributed by atoms with Gasteiger partial charge < -0.3 is 10.6 Å². The molecule has 1 aromatic heterocycles. The number of hydrogen-bond acceptors (Lipinski definition) is 3. The van der Waals surface area contributed by atoms with Crippen molar-refractivity contribution in [3.8, 4) is 0 Å². The lowest BCUT2D eigenvalue weighted by molar-refractivity contribution is 0.712. The highest BCUT2D eigenvalue weighted by molar-refractivity contribution is 5.49. The van der Waals surface area contributed by atoms with Gasteiger partial charge in [-0.2, -0.15) is 0 Å². The van der Waals surface area contributed by atoms with E-state index in [0.717, 1.165) is 17.9 Å². The fourth-order valence-electron chi connectivity index (χ4n) is 2.25. The highest BCUT2D eigenvalue weighted by atomic mass is 15.2. The van der Waals surface area contributed by atoms with E-state index in [1.165, 1.54) is 12.8 Å². The lowest BCUT2D eigenvalue weighted by atomic mass is 10.1. The number of aromatic nitrogens is 1. The summed E-state index contributed by atoms with van der Waals surface area (Å²) in [5.74, 6) is 1.08. The normalized spacial score (nSPS) is 23.1. The maximum absolute atomic E-state index is 5.96. The van der Waals surface area contributed by atoms with Crippen LogP contribution in [0.2, 0.25) is 0 Å². The molecule has 1 aromatic rings. The van der Waals surface area contributed by atoms with Crippen molar-refractivity contribution >= 4 is 5.82 Å². The van der Waals surface area contributed by atoms with Gasteiger partial charge in [-0.1, -0.05) is 6.07 Å². The monoisotopic (exact) mass is 205 g/mol. The standard InChI is InChI=1S/C12H19N3/c1-9-5-4-8-15(9)12-11(10(2)13)6-3-7-14-12/h3,6-7,9-10H,4-5,8,13H2,1-2H3/t9?,10-/m0/s1. The quantitative estimate of drug-likeness (QED) is 0.804. The Labute approximate surface area is 91.3 Å². The van der Waals surface area contributed by atoms with E-state index in [2.05, 4.69) is 22.9 Å². The van der Waals surface area contributed by atoms with Crippen LogP contribution in [0.4, 0.5) is 5.82 Å². The van der Waals surface area contributed by atoms with Crippen LogP contribution < -0.4 is 10.6 Å². The Hall–Kier alpha value is -1.09. The molecule has 0 saturated carbocycles. The van der Waals surface area contributed by atoms with Gasteiger partial charge in [-0.05, 0) is 32.8 Å². The van der Waals surface area contributed by atoms with E-state index in [4.69, 9.17) is 5.73 Å². The van der Waals surface area contributed by atoms with Crippen LogP contribution in [-0.2, 0) is 0 Å². The molecule has 1 saturated heterocycles. The number of rotatable bonds is 2. The molecule has 1 unspecified atom stereocenters. The van der Waals surface area contributed by atoms with Crippen molar-refractivity contribution in [2.75, 3.05) is 11.4 Å². The number of hydrogen-bond donors (Lipinski definition) is 1. The lowest BCUT2D eigenvalue weighted by Gasteiger charge is -2.26. The smallest absolute Gasteiger partial charge is 0.133 e. The molecule has 0 spiro atoms.